The van der Waals surface area contributed by atoms with Crippen LogP contribution in [-0.2, 0) is 4.74 Å². The van der Waals surface area contributed by atoms with Gasteiger partial charge in [-0.2, -0.15) is 0 Å². The summed E-state index contributed by atoms with van der Waals surface area (Å²) in [6.07, 6.45) is 0.131. The average molecular weight is 200 g/mol. The van der Waals surface area contributed by atoms with Crippen LogP contribution in [0, 0.1) is 0 Å². The minimum absolute atomic E-state index is 0.0603. The van der Waals surface area contributed by atoms with Crippen molar-refractivity contribution in [2.75, 3.05) is 27.2 Å². The Labute approximate surface area is 85.8 Å². The summed E-state index contributed by atoms with van der Waals surface area (Å²) in [4.78, 5) is 15.3. The van der Waals surface area contributed by atoms with Gasteiger partial charge < -0.3 is 14.5 Å². The molecule has 0 aromatic heterocycles. The summed E-state index contributed by atoms with van der Waals surface area (Å²) in [5, 5.41) is 0. The van der Waals surface area contributed by atoms with Gasteiger partial charge in [-0.15, -0.1) is 0 Å². The van der Waals surface area contributed by atoms with Crippen molar-refractivity contribution in [3.63, 3.8) is 0 Å². The van der Waals surface area contributed by atoms with E-state index < -0.39 is 0 Å². The summed E-state index contributed by atoms with van der Waals surface area (Å²) < 4.78 is 5.54. The van der Waals surface area contributed by atoms with Crippen molar-refractivity contribution in [2.24, 2.45) is 0 Å². The molecule has 14 heavy (non-hydrogen) atoms. The van der Waals surface area contributed by atoms with Crippen molar-refractivity contribution < 1.29 is 9.53 Å². The number of amides is 2. The quantitative estimate of drug-likeness (QED) is 0.588. The van der Waals surface area contributed by atoms with E-state index in [1.165, 1.54) is 0 Å². The molecular weight excluding hydrogens is 180 g/mol. The van der Waals surface area contributed by atoms with Crippen molar-refractivity contribution in [1.82, 2.24) is 9.80 Å². The van der Waals surface area contributed by atoms with Crippen LogP contribution in [0.25, 0.3) is 0 Å². The number of carbonyl (C=O) groups is 1. The monoisotopic (exact) mass is 200 g/mol. The van der Waals surface area contributed by atoms with Crippen LogP contribution in [0.2, 0.25) is 0 Å². The SMILES string of the molecule is CC1CN(C(=O)N(C)C)C(C)(C)CO1. The predicted octanol–water partition coefficient (Wildman–Crippen LogP) is 1.17. The highest BCUT2D eigenvalue weighted by molar-refractivity contribution is 5.74. The summed E-state index contributed by atoms with van der Waals surface area (Å²) in [7, 11) is 3.55. The summed E-state index contributed by atoms with van der Waals surface area (Å²) in [5.41, 5.74) is -0.201. The van der Waals surface area contributed by atoms with E-state index in [0.717, 1.165) is 0 Å². The van der Waals surface area contributed by atoms with Gasteiger partial charge in [0, 0.05) is 20.6 Å². The van der Waals surface area contributed by atoms with Gasteiger partial charge in [0.25, 0.3) is 0 Å². The molecule has 1 heterocycles. The first-order chi connectivity index (χ1) is 6.34. The zero-order valence-corrected chi connectivity index (χ0v) is 9.70. The Hall–Kier alpha value is -0.770. The Morgan fingerprint density at radius 3 is 2.57 bits per heavy atom. The molecule has 1 fully saturated rings. The van der Waals surface area contributed by atoms with E-state index in [1.54, 1.807) is 19.0 Å². The molecule has 0 aromatic rings. The molecular formula is C10H20N2O2. The second kappa shape index (κ2) is 3.77. The second-order valence-electron chi connectivity index (χ2n) is 4.72. The van der Waals surface area contributed by atoms with Crippen LogP contribution in [-0.4, -0.2) is 54.7 Å². The minimum atomic E-state index is -0.201. The number of nitrogens with zero attached hydrogens (tertiary/aromatic N) is 2. The maximum atomic E-state index is 11.9. The molecule has 0 N–H and O–H groups in total. The fraction of sp³-hybridized carbons (Fsp3) is 0.900. The molecule has 0 saturated carbocycles. The number of rotatable bonds is 0. The van der Waals surface area contributed by atoms with Crippen LogP contribution < -0.4 is 0 Å². The minimum Gasteiger partial charge on any atom is -0.374 e. The van der Waals surface area contributed by atoms with Crippen LogP contribution in [0.5, 0.6) is 0 Å². The lowest BCUT2D eigenvalue weighted by Crippen LogP contribution is -2.60. The van der Waals surface area contributed by atoms with Crippen molar-refractivity contribution in [3.8, 4) is 0 Å². The molecule has 1 atom stereocenters. The number of ether oxygens (including phenoxy) is 1. The average Bonchev–Trinajstić information content (AvgIpc) is 2.08. The van der Waals surface area contributed by atoms with Gasteiger partial charge in [0.15, 0.2) is 0 Å². The molecule has 2 amide bonds. The third-order valence-corrected chi connectivity index (χ3v) is 2.50. The zero-order chi connectivity index (χ0) is 10.9. The van der Waals surface area contributed by atoms with Crippen molar-refractivity contribution >= 4 is 6.03 Å². The maximum absolute atomic E-state index is 11.9. The third-order valence-electron chi connectivity index (χ3n) is 2.50. The Kier molecular flexibility index (Phi) is 3.04. The van der Waals surface area contributed by atoms with E-state index >= 15 is 0 Å². The van der Waals surface area contributed by atoms with Gasteiger partial charge in [-0.25, -0.2) is 4.79 Å². The van der Waals surface area contributed by atoms with E-state index in [2.05, 4.69) is 0 Å². The Morgan fingerprint density at radius 2 is 2.07 bits per heavy atom. The smallest absolute Gasteiger partial charge is 0.320 e. The van der Waals surface area contributed by atoms with Gasteiger partial charge >= 0.3 is 6.03 Å². The van der Waals surface area contributed by atoms with Gasteiger partial charge in [0.2, 0.25) is 0 Å². The first-order valence-corrected chi connectivity index (χ1v) is 4.95. The molecule has 0 bridgehead atoms. The van der Waals surface area contributed by atoms with Crippen LogP contribution in [0.15, 0.2) is 0 Å². The molecule has 1 rings (SSSR count). The van der Waals surface area contributed by atoms with E-state index in [1.807, 2.05) is 25.7 Å². The van der Waals surface area contributed by atoms with Crippen LogP contribution in [0.3, 0.4) is 0 Å². The van der Waals surface area contributed by atoms with Crippen LogP contribution >= 0.6 is 0 Å². The molecule has 82 valence electrons. The van der Waals surface area contributed by atoms with E-state index in [0.29, 0.717) is 13.2 Å². The first-order valence-electron chi connectivity index (χ1n) is 4.95. The molecule has 1 aliphatic heterocycles. The number of morpholine rings is 1. The Bertz CT molecular complexity index is 226. The van der Waals surface area contributed by atoms with E-state index in [9.17, 15) is 4.79 Å². The van der Waals surface area contributed by atoms with Crippen molar-refractivity contribution in [2.45, 2.75) is 32.4 Å². The van der Waals surface area contributed by atoms with Gasteiger partial charge in [-0.05, 0) is 20.8 Å². The third kappa shape index (κ3) is 2.18. The largest absolute Gasteiger partial charge is 0.374 e. The summed E-state index contributed by atoms with van der Waals surface area (Å²) in [6.45, 7) is 7.32. The van der Waals surface area contributed by atoms with E-state index in [-0.39, 0.29) is 17.7 Å². The molecule has 0 aromatic carbocycles. The number of carbonyl (C=O) groups excluding carboxylic acids is 1. The van der Waals surface area contributed by atoms with E-state index in [4.69, 9.17) is 4.74 Å². The lowest BCUT2D eigenvalue weighted by atomic mass is 10.0. The highest BCUT2D eigenvalue weighted by atomic mass is 16.5. The second-order valence-corrected chi connectivity index (χ2v) is 4.72. The lowest BCUT2D eigenvalue weighted by Gasteiger charge is -2.45. The van der Waals surface area contributed by atoms with Gasteiger partial charge in [0.1, 0.15) is 0 Å². The lowest BCUT2D eigenvalue weighted by molar-refractivity contribution is -0.0742. The van der Waals surface area contributed by atoms with Gasteiger partial charge in [0.05, 0.1) is 18.2 Å². The van der Waals surface area contributed by atoms with Crippen molar-refractivity contribution in [3.05, 3.63) is 0 Å². The molecule has 4 nitrogen and oxygen atoms in total. The first kappa shape index (κ1) is 11.3. The fourth-order valence-corrected chi connectivity index (χ4v) is 1.56. The number of hydrogen-bond donors (Lipinski definition) is 0. The highest BCUT2D eigenvalue weighted by Crippen LogP contribution is 2.22. The molecule has 1 unspecified atom stereocenters. The molecule has 0 aliphatic carbocycles. The number of hydrogen-bond acceptors (Lipinski definition) is 2. The molecule has 1 aliphatic rings. The summed E-state index contributed by atoms with van der Waals surface area (Å²) >= 11 is 0. The van der Waals surface area contributed by atoms with Gasteiger partial charge in [-0.3, -0.25) is 0 Å². The fourth-order valence-electron chi connectivity index (χ4n) is 1.56. The van der Waals surface area contributed by atoms with Gasteiger partial charge in [-0.1, -0.05) is 0 Å². The highest BCUT2D eigenvalue weighted by Gasteiger charge is 2.37. The maximum Gasteiger partial charge on any atom is 0.320 e. The molecule has 4 heteroatoms. The molecule has 1 saturated heterocycles. The predicted molar refractivity (Wildman–Crippen MR) is 55.3 cm³/mol. The van der Waals surface area contributed by atoms with Crippen LogP contribution in [0.4, 0.5) is 4.79 Å². The molecule has 0 radical (unpaired) electrons. The normalized spacial score (nSPS) is 26.1. The zero-order valence-electron chi connectivity index (χ0n) is 9.70. The summed E-state index contributed by atoms with van der Waals surface area (Å²) in [6, 6.07) is 0.0603. The molecule has 0 spiro atoms. The number of urea groups is 1. The standard InChI is InChI=1S/C10H20N2O2/c1-8-6-12(9(13)11(4)5)10(2,3)7-14-8/h8H,6-7H2,1-5H3. The van der Waals surface area contributed by atoms with Crippen LogP contribution in [0.1, 0.15) is 20.8 Å². The Morgan fingerprint density at radius 1 is 1.50 bits per heavy atom. The summed E-state index contributed by atoms with van der Waals surface area (Å²) in [5.74, 6) is 0. The topological polar surface area (TPSA) is 32.8 Å². The Balaban J connectivity index is 2.77. The van der Waals surface area contributed by atoms with Crippen molar-refractivity contribution in [1.29, 1.82) is 0 Å².